The summed E-state index contributed by atoms with van der Waals surface area (Å²) in [6.07, 6.45) is -3.68. The Bertz CT molecular complexity index is 517. The SMILES string of the molecule is Nc1ccc(N2CCCC(C(F)(F)F)C2)cc1C(=O)O. The van der Waals surface area contributed by atoms with Crippen LogP contribution in [0, 0.1) is 5.92 Å². The summed E-state index contributed by atoms with van der Waals surface area (Å²) in [7, 11) is 0. The Morgan fingerprint density at radius 2 is 2.10 bits per heavy atom. The molecule has 1 heterocycles. The Balaban J connectivity index is 2.23. The summed E-state index contributed by atoms with van der Waals surface area (Å²) >= 11 is 0. The number of carboxylic acid groups (broad SMARTS) is 1. The van der Waals surface area contributed by atoms with Crippen LogP contribution in [0.5, 0.6) is 0 Å². The number of nitrogens with zero attached hydrogens (tertiary/aromatic N) is 1. The summed E-state index contributed by atoms with van der Waals surface area (Å²) in [5.74, 6) is -2.56. The Labute approximate surface area is 114 Å². The van der Waals surface area contributed by atoms with Gasteiger partial charge in [0.15, 0.2) is 0 Å². The van der Waals surface area contributed by atoms with Gasteiger partial charge in [-0.2, -0.15) is 13.2 Å². The highest BCUT2D eigenvalue weighted by Gasteiger charge is 2.41. The average molecular weight is 288 g/mol. The van der Waals surface area contributed by atoms with Crippen molar-refractivity contribution in [3.63, 3.8) is 0 Å². The number of rotatable bonds is 2. The fraction of sp³-hybridized carbons (Fsp3) is 0.462. The van der Waals surface area contributed by atoms with E-state index < -0.39 is 18.1 Å². The van der Waals surface area contributed by atoms with Gasteiger partial charge in [0.25, 0.3) is 0 Å². The van der Waals surface area contributed by atoms with E-state index in [1.165, 1.54) is 12.1 Å². The van der Waals surface area contributed by atoms with Gasteiger partial charge in [-0.25, -0.2) is 4.79 Å². The highest BCUT2D eigenvalue weighted by atomic mass is 19.4. The number of piperidine rings is 1. The number of alkyl halides is 3. The molecule has 2 rings (SSSR count). The van der Waals surface area contributed by atoms with Crippen LogP contribution in [0.15, 0.2) is 18.2 Å². The monoisotopic (exact) mass is 288 g/mol. The van der Waals surface area contributed by atoms with Gasteiger partial charge in [-0.1, -0.05) is 0 Å². The number of hydrogen-bond donors (Lipinski definition) is 2. The van der Waals surface area contributed by atoms with Gasteiger partial charge >= 0.3 is 12.1 Å². The number of halogens is 3. The fourth-order valence-corrected chi connectivity index (χ4v) is 2.41. The highest BCUT2D eigenvalue weighted by Crippen LogP contribution is 2.35. The van der Waals surface area contributed by atoms with Crippen LogP contribution in [0.4, 0.5) is 24.5 Å². The maximum atomic E-state index is 12.8. The number of nitrogens with two attached hydrogens (primary N) is 1. The molecule has 1 fully saturated rings. The average Bonchev–Trinajstić information content (AvgIpc) is 2.38. The molecule has 1 atom stereocenters. The third-order valence-electron chi connectivity index (χ3n) is 3.52. The van der Waals surface area contributed by atoms with E-state index in [0.29, 0.717) is 18.7 Å². The van der Waals surface area contributed by atoms with Crippen molar-refractivity contribution < 1.29 is 23.1 Å². The summed E-state index contributed by atoms with van der Waals surface area (Å²) in [4.78, 5) is 12.6. The second-order valence-corrected chi connectivity index (χ2v) is 4.90. The smallest absolute Gasteiger partial charge is 0.393 e. The van der Waals surface area contributed by atoms with Crippen molar-refractivity contribution in [3.8, 4) is 0 Å². The molecule has 20 heavy (non-hydrogen) atoms. The van der Waals surface area contributed by atoms with Crippen molar-refractivity contribution >= 4 is 17.3 Å². The van der Waals surface area contributed by atoms with Gasteiger partial charge in [-0.05, 0) is 31.0 Å². The van der Waals surface area contributed by atoms with Gasteiger partial charge < -0.3 is 15.7 Å². The van der Waals surface area contributed by atoms with Gasteiger partial charge in [-0.3, -0.25) is 0 Å². The number of aromatic carboxylic acids is 1. The Morgan fingerprint density at radius 3 is 2.70 bits per heavy atom. The first-order chi connectivity index (χ1) is 9.29. The zero-order valence-electron chi connectivity index (χ0n) is 10.7. The predicted octanol–water partition coefficient (Wildman–Crippen LogP) is 2.75. The Morgan fingerprint density at radius 1 is 1.40 bits per heavy atom. The van der Waals surface area contributed by atoms with Crippen LogP contribution in [0.2, 0.25) is 0 Å². The van der Waals surface area contributed by atoms with Crippen molar-refractivity contribution in [2.75, 3.05) is 23.7 Å². The van der Waals surface area contributed by atoms with Crippen molar-refractivity contribution in [2.24, 2.45) is 5.92 Å². The molecule has 0 bridgehead atoms. The van der Waals surface area contributed by atoms with Crippen LogP contribution in [-0.4, -0.2) is 30.3 Å². The number of carbonyl (C=O) groups is 1. The van der Waals surface area contributed by atoms with Crippen molar-refractivity contribution in [3.05, 3.63) is 23.8 Å². The van der Waals surface area contributed by atoms with Crippen LogP contribution in [0.3, 0.4) is 0 Å². The molecule has 1 aliphatic rings. The lowest BCUT2D eigenvalue weighted by molar-refractivity contribution is -0.175. The molecule has 110 valence electrons. The van der Waals surface area contributed by atoms with E-state index in [-0.39, 0.29) is 24.2 Å². The third kappa shape index (κ3) is 2.97. The quantitative estimate of drug-likeness (QED) is 0.821. The predicted molar refractivity (Wildman–Crippen MR) is 68.8 cm³/mol. The second kappa shape index (κ2) is 5.22. The summed E-state index contributed by atoms with van der Waals surface area (Å²) in [5, 5.41) is 8.99. The molecular weight excluding hydrogens is 273 g/mol. The highest BCUT2D eigenvalue weighted by molar-refractivity contribution is 5.94. The molecule has 0 aromatic heterocycles. The standard InChI is InChI=1S/C13H15F3N2O2/c14-13(15,16)8-2-1-5-18(7-8)9-3-4-11(17)10(6-9)12(19)20/h3-4,6,8H,1-2,5,7,17H2,(H,19,20). The number of nitrogen functional groups attached to an aromatic ring is 1. The third-order valence-corrected chi connectivity index (χ3v) is 3.52. The van der Waals surface area contributed by atoms with Crippen molar-refractivity contribution in [1.29, 1.82) is 0 Å². The molecule has 0 spiro atoms. The Kier molecular flexibility index (Phi) is 3.78. The van der Waals surface area contributed by atoms with Crippen molar-refractivity contribution in [1.82, 2.24) is 0 Å². The number of benzene rings is 1. The van der Waals surface area contributed by atoms with E-state index in [0.717, 1.165) is 0 Å². The minimum atomic E-state index is -4.22. The molecule has 0 saturated carbocycles. The normalized spacial score (nSPS) is 19.9. The van der Waals surface area contributed by atoms with E-state index in [2.05, 4.69) is 0 Å². The number of anilines is 2. The van der Waals surface area contributed by atoms with Crippen LogP contribution < -0.4 is 10.6 Å². The maximum absolute atomic E-state index is 12.8. The maximum Gasteiger partial charge on any atom is 0.393 e. The minimum absolute atomic E-state index is 0.0865. The minimum Gasteiger partial charge on any atom is -0.478 e. The lowest BCUT2D eigenvalue weighted by atomic mass is 9.96. The first-order valence-electron chi connectivity index (χ1n) is 6.23. The summed E-state index contributed by atoms with van der Waals surface area (Å²) in [6, 6.07) is 4.30. The zero-order valence-corrected chi connectivity index (χ0v) is 10.7. The number of carboxylic acids is 1. The topological polar surface area (TPSA) is 66.6 Å². The molecule has 1 aliphatic heterocycles. The van der Waals surface area contributed by atoms with Crippen LogP contribution >= 0.6 is 0 Å². The van der Waals surface area contributed by atoms with Gasteiger partial charge in [0.05, 0.1) is 11.5 Å². The lowest BCUT2D eigenvalue weighted by Gasteiger charge is -2.35. The van der Waals surface area contributed by atoms with Gasteiger partial charge in [0.1, 0.15) is 0 Å². The molecule has 1 saturated heterocycles. The summed E-state index contributed by atoms with van der Waals surface area (Å²) in [5.41, 5.74) is 6.02. The van der Waals surface area contributed by atoms with Crippen molar-refractivity contribution in [2.45, 2.75) is 19.0 Å². The van der Waals surface area contributed by atoms with E-state index in [1.807, 2.05) is 0 Å². The van der Waals surface area contributed by atoms with E-state index >= 15 is 0 Å². The molecule has 0 radical (unpaired) electrons. The first kappa shape index (κ1) is 14.5. The van der Waals surface area contributed by atoms with Gasteiger partial charge in [0, 0.05) is 24.5 Å². The van der Waals surface area contributed by atoms with E-state index in [9.17, 15) is 18.0 Å². The fourth-order valence-electron chi connectivity index (χ4n) is 2.41. The van der Waals surface area contributed by atoms with E-state index in [1.54, 1.807) is 11.0 Å². The molecule has 1 aromatic rings. The molecule has 1 unspecified atom stereocenters. The van der Waals surface area contributed by atoms with Crippen LogP contribution in [0.25, 0.3) is 0 Å². The van der Waals surface area contributed by atoms with Gasteiger partial charge in [-0.15, -0.1) is 0 Å². The molecule has 0 amide bonds. The first-order valence-corrected chi connectivity index (χ1v) is 6.23. The molecule has 4 nitrogen and oxygen atoms in total. The zero-order chi connectivity index (χ0) is 14.9. The molecule has 1 aromatic carbocycles. The second-order valence-electron chi connectivity index (χ2n) is 4.90. The summed E-state index contributed by atoms with van der Waals surface area (Å²) in [6.45, 7) is 0.335. The Hall–Kier alpha value is -1.92. The molecular formula is C13H15F3N2O2. The van der Waals surface area contributed by atoms with Crippen LogP contribution in [-0.2, 0) is 0 Å². The van der Waals surface area contributed by atoms with E-state index in [4.69, 9.17) is 10.8 Å². The number of hydrogen-bond acceptors (Lipinski definition) is 3. The summed E-state index contributed by atoms with van der Waals surface area (Å²) < 4.78 is 38.3. The largest absolute Gasteiger partial charge is 0.478 e. The van der Waals surface area contributed by atoms with Crippen LogP contribution in [0.1, 0.15) is 23.2 Å². The lowest BCUT2D eigenvalue weighted by Crippen LogP contribution is -2.41. The van der Waals surface area contributed by atoms with Gasteiger partial charge in [0.2, 0.25) is 0 Å². The molecule has 3 N–H and O–H groups in total. The molecule has 7 heteroatoms. The molecule has 0 aliphatic carbocycles.